The first-order chi connectivity index (χ1) is 9.14. The van der Waals surface area contributed by atoms with Gasteiger partial charge in [0.2, 0.25) is 10.0 Å². The van der Waals surface area contributed by atoms with E-state index in [-0.39, 0.29) is 6.04 Å². The molecule has 0 spiro atoms. The Bertz CT molecular complexity index is 566. The summed E-state index contributed by atoms with van der Waals surface area (Å²) >= 11 is 0. The Morgan fingerprint density at radius 3 is 2.20 bits per heavy atom. The van der Waals surface area contributed by atoms with Crippen molar-refractivity contribution in [3.05, 3.63) is 22.8 Å². The molecule has 1 aromatic carbocycles. The highest BCUT2D eigenvalue weighted by Crippen LogP contribution is 2.31. The molecule has 0 aliphatic rings. The predicted octanol–water partition coefficient (Wildman–Crippen LogP) is 3.00. The highest BCUT2D eigenvalue weighted by molar-refractivity contribution is 7.89. The fourth-order valence-electron chi connectivity index (χ4n) is 2.42. The van der Waals surface area contributed by atoms with Crippen LogP contribution in [0.1, 0.15) is 43.9 Å². The van der Waals surface area contributed by atoms with Gasteiger partial charge in [0.25, 0.3) is 0 Å². The molecule has 1 rings (SSSR count). The third-order valence-electron chi connectivity index (χ3n) is 3.66. The first-order valence-electron chi connectivity index (χ1n) is 7.02. The molecule has 20 heavy (non-hydrogen) atoms. The number of hydrogen-bond acceptors (Lipinski definition) is 3. The molecule has 4 nitrogen and oxygen atoms in total. The number of nitrogens with zero attached hydrogens (tertiary/aromatic N) is 1. The third kappa shape index (κ3) is 2.99. The van der Waals surface area contributed by atoms with Gasteiger partial charge in [0.05, 0.1) is 4.90 Å². The van der Waals surface area contributed by atoms with Crippen LogP contribution in [0.5, 0.6) is 0 Å². The van der Waals surface area contributed by atoms with Crippen LogP contribution in [0.2, 0.25) is 0 Å². The van der Waals surface area contributed by atoms with Crippen molar-refractivity contribution in [2.75, 3.05) is 12.3 Å². The summed E-state index contributed by atoms with van der Waals surface area (Å²) < 4.78 is 27.5. The topological polar surface area (TPSA) is 63.4 Å². The zero-order valence-corrected chi connectivity index (χ0v) is 14.1. The van der Waals surface area contributed by atoms with Crippen LogP contribution in [0.25, 0.3) is 0 Å². The Morgan fingerprint density at radius 2 is 1.75 bits per heavy atom. The number of nitrogen functional groups attached to an aromatic ring is 1. The molecule has 0 heterocycles. The van der Waals surface area contributed by atoms with Gasteiger partial charge in [0.15, 0.2) is 0 Å². The maximum absolute atomic E-state index is 13.0. The minimum absolute atomic E-state index is 0.0690. The van der Waals surface area contributed by atoms with E-state index in [0.29, 0.717) is 22.7 Å². The minimum atomic E-state index is -3.52. The van der Waals surface area contributed by atoms with Gasteiger partial charge < -0.3 is 5.73 Å². The Morgan fingerprint density at radius 1 is 1.20 bits per heavy atom. The molecule has 0 atom stereocenters. The van der Waals surface area contributed by atoms with Crippen LogP contribution in [0.15, 0.2) is 11.0 Å². The average Bonchev–Trinajstić information content (AvgIpc) is 2.32. The molecule has 114 valence electrons. The number of benzene rings is 1. The van der Waals surface area contributed by atoms with E-state index < -0.39 is 10.0 Å². The number of nitrogens with two attached hydrogens (primary N) is 1. The molecule has 1 aromatic rings. The number of anilines is 1. The normalized spacial score (nSPS) is 12.4. The van der Waals surface area contributed by atoms with Crippen molar-refractivity contribution < 1.29 is 8.42 Å². The van der Waals surface area contributed by atoms with Crippen molar-refractivity contribution in [3.8, 4) is 0 Å². The van der Waals surface area contributed by atoms with Crippen LogP contribution in [0.4, 0.5) is 5.69 Å². The molecule has 0 fully saturated rings. The summed E-state index contributed by atoms with van der Waals surface area (Å²) in [6, 6.07) is 1.77. The first-order valence-corrected chi connectivity index (χ1v) is 8.46. The van der Waals surface area contributed by atoms with E-state index >= 15 is 0 Å². The van der Waals surface area contributed by atoms with E-state index in [1.807, 2.05) is 40.7 Å². The second-order valence-electron chi connectivity index (χ2n) is 5.57. The fraction of sp³-hybridized carbons (Fsp3) is 0.600. The highest BCUT2D eigenvalue weighted by atomic mass is 32.2. The first kappa shape index (κ1) is 17.0. The Hall–Kier alpha value is -1.07. The molecule has 0 aliphatic carbocycles. The predicted molar refractivity (Wildman–Crippen MR) is 84.4 cm³/mol. The molecular formula is C15H26N2O2S. The summed E-state index contributed by atoms with van der Waals surface area (Å²) in [4.78, 5) is 0.372. The molecule has 2 N–H and O–H groups in total. The van der Waals surface area contributed by atoms with Crippen molar-refractivity contribution in [1.29, 1.82) is 0 Å². The van der Waals surface area contributed by atoms with Crippen molar-refractivity contribution in [2.24, 2.45) is 0 Å². The van der Waals surface area contributed by atoms with Gasteiger partial charge in [-0.1, -0.05) is 6.92 Å². The van der Waals surface area contributed by atoms with Gasteiger partial charge in [-0.05, 0) is 63.8 Å². The van der Waals surface area contributed by atoms with Gasteiger partial charge in [-0.25, -0.2) is 8.42 Å². The lowest BCUT2D eigenvalue weighted by Gasteiger charge is -2.28. The molecule has 0 radical (unpaired) electrons. The molecule has 5 heteroatoms. The van der Waals surface area contributed by atoms with Gasteiger partial charge >= 0.3 is 0 Å². The van der Waals surface area contributed by atoms with Crippen LogP contribution < -0.4 is 5.73 Å². The number of aryl methyl sites for hydroxylation is 1. The Kier molecular flexibility index (Phi) is 5.21. The molecule has 0 aromatic heterocycles. The van der Waals surface area contributed by atoms with E-state index in [1.54, 1.807) is 11.2 Å². The molecule has 0 saturated heterocycles. The summed E-state index contributed by atoms with van der Waals surface area (Å²) in [6.45, 7) is 11.8. The molecule has 0 unspecified atom stereocenters. The number of hydrogen-bond donors (Lipinski definition) is 1. The largest absolute Gasteiger partial charge is 0.398 e. The molecule has 0 bridgehead atoms. The molecule has 0 amide bonds. The quantitative estimate of drug-likeness (QED) is 0.850. The van der Waals surface area contributed by atoms with Crippen LogP contribution in [0.3, 0.4) is 0 Å². The molecule has 0 saturated carbocycles. The van der Waals surface area contributed by atoms with Gasteiger partial charge in [0, 0.05) is 18.3 Å². The lowest BCUT2D eigenvalue weighted by molar-refractivity contribution is 0.353. The van der Waals surface area contributed by atoms with E-state index in [2.05, 4.69) is 0 Å². The lowest BCUT2D eigenvalue weighted by atomic mass is 10.1. The average molecular weight is 298 g/mol. The maximum Gasteiger partial charge on any atom is 0.243 e. The zero-order valence-electron chi connectivity index (χ0n) is 13.3. The number of sulfonamides is 1. The van der Waals surface area contributed by atoms with E-state index in [4.69, 9.17) is 5.73 Å². The van der Waals surface area contributed by atoms with Crippen LogP contribution in [-0.4, -0.2) is 25.3 Å². The third-order valence-corrected chi connectivity index (χ3v) is 6.01. The van der Waals surface area contributed by atoms with Crippen LogP contribution >= 0.6 is 0 Å². The summed E-state index contributed by atoms with van der Waals surface area (Å²) in [5.41, 5.74) is 8.84. The summed E-state index contributed by atoms with van der Waals surface area (Å²) in [5, 5.41) is 0. The monoisotopic (exact) mass is 298 g/mol. The Balaban J connectivity index is 3.57. The maximum atomic E-state index is 13.0. The summed E-state index contributed by atoms with van der Waals surface area (Å²) in [5.74, 6) is 0. The smallest absolute Gasteiger partial charge is 0.243 e. The van der Waals surface area contributed by atoms with Crippen molar-refractivity contribution in [2.45, 2.75) is 58.9 Å². The van der Waals surface area contributed by atoms with Gasteiger partial charge in [-0.2, -0.15) is 4.31 Å². The number of rotatable bonds is 5. The molecule has 0 aliphatic heterocycles. The summed E-state index contributed by atoms with van der Waals surface area (Å²) in [7, 11) is -3.52. The van der Waals surface area contributed by atoms with E-state index in [0.717, 1.165) is 17.5 Å². The van der Waals surface area contributed by atoms with E-state index in [1.165, 1.54) is 0 Å². The zero-order chi connectivity index (χ0) is 15.7. The Labute approximate surface area is 123 Å². The van der Waals surface area contributed by atoms with E-state index in [9.17, 15) is 8.42 Å². The van der Waals surface area contributed by atoms with Crippen molar-refractivity contribution >= 4 is 15.7 Å². The van der Waals surface area contributed by atoms with Gasteiger partial charge in [-0.15, -0.1) is 0 Å². The molecular weight excluding hydrogens is 272 g/mol. The second kappa shape index (κ2) is 6.14. The summed E-state index contributed by atoms with van der Waals surface area (Å²) in [6.07, 6.45) is 0.788. The van der Waals surface area contributed by atoms with Gasteiger partial charge in [0.1, 0.15) is 0 Å². The van der Waals surface area contributed by atoms with Gasteiger partial charge in [-0.3, -0.25) is 0 Å². The van der Waals surface area contributed by atoms with Crippen LogP contribution in [-0.2, 0) is 10.0 Å². The second-order valence-corrected chi connectivity index (χ2v) is 7.40. The van der Waals surface area contributed by atoms with Crippen molar-refractivity contribution in [3.63, 3.8) is 0 Å². The van der Waals surface area contributed by atoms with Crippen LogP contribution in [0, 0.1) is 20.8 Å². The minimum Gasteiger partial charge on any atom is -0.398 e. The fourth-order valence-corrected chi connectivity index (χ4v) is 4.69. The lowest BCUT2D eigenvalue weighted by Crippen LogP contribution is -2.38. The SMILES string of the molecule is CCCN(C(C)C)S(=O)(=O)c1c(C)c(C)cc(N)c1C. The van der Waals surface area contributed by atoms with Crippen molar-refractivity contribution in [1.82, 2.24) is 4.31 Å². The highest BCUT2D eigenvalue weighted by Gasteiger charge is 2.30. The standard InChI is InChI=1S/C15H26N2O2S/c1-7-8-17(10(2)3)20(18,19)15-12(5)11(4)9-14(16)13(15)6/h9-10H,7-8,16H2,1-6H3.